The van der Waals surface area contributed by atoms with Gasteiger partial charge in [-0.05, 0) is 79.9 Å². The van der Waals surface area contributed by atoms with Gasteiger partial charge in [-0.3, -0.25) is 4.79 Å². The second-order valence-electron chi connectivity index (χ2n) is 8.75. The number of carbonyl (C=O) groups excluding carboxylic acids is 1. The zero-order valence-corrected chi connectivity index (χ0v) is 16.7. The van der Waals surface area contributed by atoms with Crippen LogP contribution in [0.5, 0.6) is 5.75 Å². The molecule has 2 saturated carbocycles. The van der Waals surface area contributed by atoms with Gasteiger partial charge in [0.2, 0.25) is 0 Å². The molecule has 2 nitrogen and oxygen atoms in total. The topological polar surface area (TPSA) is 26.3 Å². The minimum atomic E-state index is -0.252. The summed E-state index contributed by atoms with van der Waals surface area (Å²) in [7, 11) is 0. The quantitative estimate of drug-likeness (QED) is 0.426. The first-order valence-corrected chi connectivity index (χ1v) is 10.9. The van der Waals surface area contributed by atoms with E-state index in [1.54, 1.807) is 0 Å². The smallest absolute Gasteiger partial charge is 0.308 e. The van der Waals surface area contributed by atoms with Crippen LogP contribution in [0, 0.1) is 23.7 Å². The number of hydrogen-bond acceptors (Lipinski definition) is 2. The molecule has 0 aliphatic heterocycles. The van der Waals surface area contributed by atoms with Crippen molar-refractivity contribution in [2.75, 3.05) is 0 Å². The molecule has 26 heavy (non-hydrogen) atoms. The Morgan fingerprint density at radius 3 is 1.92 bits per heavy atom. The van der Waals surface area contributed by atoms with Crippen molar-refractivity contribution >= 4 is 5.97 Å². The third-order valence-electron chi connectivity index (χ3n) is 7.05. The van der Waals surface area contributed by atoms with E-state index in [2.05, 4.69) is 19.1 Å². The molecule has 0 heterocycles. The number of rotatable bonds is 6. The van der Waals surface area contributed by atoms with Crippen LogP contribution in [0.1, 0.15) is 83.6 Å². The van der Waals surface area contributed by atoms with Gasteiger partial charge in [0, 0.05) is 6.92 Å². The van der Waals surface area contributed by atoms with E-state index in [4.69, 9.17) is 4.74 Å². The van der Waals surface area contributed by atoms with Gasteiger partial charge >= 0.3 is 5.97 Å². The van der Waals surface area contributed by atoms with Gasteiger partial charge in [-0.25, -0.2) is 0 Å². The molecule has 0 aromatic heterocycles. The van der Waals surface area contributed by atoms with E-state index in [-0.39, 0.29) is 5.97 Å². The maximum Gasteiger partial charge on any atom is 0.308 e. The molecular formula is C24H36O2. The minimum Gasteiger partial charge on any atom is -0.427 e. The first kappa shape index (κ1) is 19.5. The molecule has 2 fully saturated rings. The Bertz CT molecular complexity index is 546. The van der Waals surface area contributed by atoms with Crippen LogP contribution in [0.3, 0.4) is 0 Å². The Morgan fingerprint density at radius 2 is 1.42 bits per heavy atom. The summed E-state index contributed by atoms with van der Waals surface area (Å²) in [5, 5.41) is 0. The van der Waals surface area contributed by atoms with Gasteiger partial charge in [0.1, 0.15) is 5.75 Å². The van der Waals surface area contributed by atoms with E-state index >= 15 is 0 Å². The summed E-state index contributed by atoms with van der Waals surface area (Å²) in [6, 6.07) is 8.05. The van der Waals surface area contributed by atoms with Crippen LogP contribution in [0.4, 0.5) is 0 Å². The van der Waals surface area contributed by atoms with E-state index < -0.39 is 0 Å². The molecule has 0 amide bonds. The van der Waals surface area contributed by atoms with Crippen molar-refractivity contribution in [1.29, 1.82) is 0 Å². The molecule has 1 aromatic rings. The van der Waals surface area contributed by atoms with Gasteiger partial charge in [-0.15, -0.1) is 0 Å². The molecule has 144 valence electrons. The third-order valence-corrected chi connectivity index (χ3v) is 7.05. The lowest BCUT2D eigenvalue weighted by atomic mass is 9.68. The number of ether oxygens (including phenoxy) is 1. The van der Waals surface area contributed by atoms with E-state index in [1.165, 1.54) is 76.7 Å². The highest BCUT2D eigenvalue weighted by molar-refractivity contribution is 5.69. The largest absolute Gasteiger partial charge is 0.427 e. The van der Waals surface area contributed by atoms with Crippen molar-refractivity contribution in [2.45, 2.75) is 84.5 Å². The van der Waals surface area contributed by atoms with E-state index in [0.29, 0.717) is 5.75 Å². The number of aryl methyl sites for hydroxylation is 1. The molecule has 0 N–H and O–H groups in total. The average Bonchev–Trinajstić information content (AvgIpc) is 2.67. The molecule has 1 aromatic carbocycles. The molecule has 3 rings (SSSR count). The number of hydrogen-bond donors (Lipinski definition) is 0. The van der Waals surface area contributed by atoms with Gasteiger partial charge in [-0.1, -0.05) is 51.2 Å². The van der Waals surface area contributed by atoms with Crippen LogP contribution in [0.15, 0.2) is 24.3 Å². The number of esters is 1. The van der Waals surface area contributed by atoms with Gasteiger partial charge in [0.15, 0.2) is 0 Å². The predicted molar refractivity (Wildman–Crippen MR) is 107 cm³/mol. The number of benzene rings is 1. The van der Waals surface area contributed by atoms with Crippen molar-refractivity contribution in [1.82, 2.24) is 0 Å². The Labute approximate surface area is 159 Å². The highest BCUT2D eigenvalue weighted by Crippen LogP contribution is 2.42. The SMILES string of the molecule is CCC1CCC(C2CCC(CCc3ccc(OC(C)=O)cc3)CC2)CC1. The van der Waals surface area contributed by atoms with Crippen molar-refractivity contribution in [3.05, 3.63) is 29.8 Å². The van der Waals surface area contributed by atoms with E-state index in [1.807, 2.05) is 12.1 Å². The minimum absolute atomic E-state index is 0.252. The van der Waals surface area contributed by atoms with Crippen LogP contribution >= 0.6 is 0 Å². The van der Waals surface area contributed by atoms with Crippen molar-refractivity contribution in [3.8, 4) is 5.75 Å². The summed E-state index contributed by atoms with van der Waals surface area (Å²) < 4.78 is 5.11. The molecule has 0 bridgehead atoms. The average molecular weight is 357 g/mol. The highest BCUT2D eigenvalue weighted by Gasteiger charge is 2.30. The molecule has 0 saturated heterocycles. The standard InChI is InChI=1S/C24H36O2/c1-3-19-6-12-22(13-7-19)23-14-8-20(9-15-23)4-5-21-10-16-24(17-11-21)26-18(2)25/h10-11,16-17,19-20,22-23H,3-9,12-15H2,1-2H3. The van der Waals surface area contributed by atoms with Crippen LogP contribution in [0.25, 0.3) is 0 Å². The second-order valence-corrected chi connectivity index (χ2v) is 8.75. The van der Waals surface area contributed by atoms with E-state index in [0.717, 1.165) is 30.1 Å². The zero-order chi connectivity index (χ0) is 18.4. The molecule has 2 aliphatic carbocycles. The molecule has 2 aliphatic rings. The second kappa shape index (κ2) is 9.58. The summed E-state index contributed by atoms with van der Waals surface area (Å²) in [6.07, 6.45) is 15.6. The van der Waals surface area contributed by atoms with Crippen LogP contribution < -0.4 is 4.74 Å². The maximum absolute atomic E-state index is 11.0. The lowest BCUT2D eigenvalue weighted by molar-refractivity contribution is -0.131. The molecule has 0 atom stereocenters. The number of carbonyl (C=O) groups is 1. The van der Waals surface area contributed by atoms with Gasteiger partial charge in [-0.2, -0.15) is 0 Å². The lowest BCUT2D eigenvalue weighted by Crippen LogP contribution is -2.25. The molecular weight excluding hydrogens is 320 g/mol. The molecule has 0 radical (unpaired) electrons. The first-order valence-electron chi connectivity index (χ1n) is 10.9. The van der Waals surface area contributed by atoms with Crippen LogP contribution in [0.2, 0.25) is 0 Å². The summed E-state index contributed by atoms with van der Waals surface area (Å²) in [4.78, 5) is 11.0. The molecule has 2 heteroatoms. The summed E-state index contributed by atoms with van der Waals surface area (Å²) in [5.41, 5.74) is 1.36. The lowest BCUT2D eigenvalue weighted by Gasteiger charge is -2.37. The van der Waals surface area contributed by atoms with Gasteiger partial charge < -0.3 is 4.74 Å². The van der Waals surface area contributed by atoms with Gasteiger partial charge in [0.05, 0.1) is 0 Å². The van der Waals surface area contributed by atoms with E-state index in [9.17, 15) is 4.79 Å². The monoisotopic (exact) mass is 356 g/mol. The fourth-order valence-corrected chi connectivity index (χ4v) is 5.28. The summed E-state index contributed by atoms with van der Waals surface area (Å²) >= 11 is 0. The Balaban J connectivity index is 1.37. The Hall–Kier alpha value is -1.31. The van der Waals surface area contributed by atoms with Crippen molar-refractivity contribution in [2.24, 2.45) is 23.7 Å². The Morgan fingerprint density at radius 1 is 0.885 bits per heavy atom. The normalized spacial score (nSPS) is 29.3. The predicted octanol–water partition coefficient (Wildman–Crippen LogP) is 6.57. The Kier molecular flexibility index (Phi) is 7.16. The summed E-state index contributed by atoms with van der Waals surface area (Å²) in [5.74, 6) is 4.39. The highest BCUT2D eigenvalue weighted by atomic mass is 16.5. The fraction of sp³-hybridized carbons (Fsp3) is 0.708. The van der Waals surface area contributed by atoms with Crippen molar-refractivity contribution in [3.63, 3.8) is 0 Å². The fourth-order valence-electron chi connectivity index (χ4n) is 5.28. The third kappa shape index (κ3) is 5.59. The van der Waals surface area contributed by atoms with Gasteiger partial charge in [0.25, 0.3) is 0 Å². The zero-order valence-electron chi connectivity index (χ0n) is 16.7. The first-order chi connectivity index (χ1) is 12.6. The molecule has 0 unspecified atom stereocenters. The van der Waals surface area contributed by atoms with Crippen molar-refractivity contribution < 1.29 is 9.53 Å². The maximum atomic E-state index is 11.0. The summed E-state index contributed by atoms with van der Waals surface area (Å²) in [6.45, 7) is 3.81. The molecule has 0 spiro atoms. The van der Waals surface area contributed by atoms with Crippen LogP contribution in [-0.2, 0) is 11.2 Å². The van der Waals surface area contributed by atoms with Crippen LogP contribution in [-0.4, -0.2) is 5.97 Å².